The number of carbonyl (C=O) groups excluding carboxylic acids is 1. The second-order valence-electron chi connectivity index (χ2n) is 11.5. The van der Waals surface area contributed by atoms with Crippen LogP contribution >= 0.6 is 25.8 Å². The third-order valence-electron chi connectivity index (χ3n) is 8.74. The van der Waals surface area contributed by atoms with Crippen LogP contribution in [0.2, 0.25) is 0 Å². The first-order chi connectivity index (χ1) is 21.9. The Labute approximate surface area is 271 Å². The van der Waals surface area contributed by atoms with Gasteiger partial charge in [0, 0.05) is 11.8 Å². The van der Waals surface area contributed by atoms with Crippen LogP contribution in [0.15, 0.2) is 17.6 Å². The third kappa shape index (κ3) is 5.87. The number of amides is 1. The van der Waals surface area contributed by atoms with Crippen molar-refractivity contribution in [3.63, 3.8) is 0 Å². The summed E-state index contributed by atoms with van der Waals surface area (Å²) in [5, 5.41) is 27.4. The highest BCUT2D eigenvalue weighted by Gasteiger charge is 2.55. The molecule has 252 valence electrons. The smallest absolute Gasteiger partial charge is 0.386 e. The van der Waals surface area contributed by atoms with E-state index < -0.39 is 93.0 Å². The number of nitrogens with one attached hydrogen (secondary N) is 2. The van der Waals surface area contributed by atoms with Crippen molar-refractivity contribution in [3.05, 3.63) is 12.7 Å². The molecule has 24 heteroatoms. The van der Waals surface area contributed by atoms with Gasteiger partial charge < -0.3 is 53.9 Å². The highest BCUT2D eigenvalue weighted by Crippen LogP contribution is 2.59. The summed E-state index contributed by atoms with van der Waals surface area (Å²) in [6, 6.07) is -1.57. The van der Waals surface area contributed by atoms with E-state index in [1.54, 1.807) is 4.57 Å². The van der Waals surface area contributed by atoms with Crippen molar-refractivity contribution in [1.82, 2.24) is 35.1 Å². The van der Waals surface area contributed by atoms with Crippen molar-refractivity contribution in [2.24, 2.45) is 22.6 Å². The quantitative estimate of drug-likeness (QED) is 0.123. The fraction of sp³-hybridized carbons (Fsp3) is 0.682. The molecule has 2 bridgehead atoms. The van der Waals surface area contributed by atoms with Crippen LogP contribution in [0.1, 0.15) is 12.5 Å². The van der Waals surface area contributed by atoms with Crippen LogP contribution in [-0.4, -0.2) is 121 Å². The number of nitrogens with zero attached hydrogens (tertiary/aromatic N) is 6. The molecule has 5 unspecified atom stereocenters. The minimum absolute atomic E-state index is 0.156. The Morgan fingerprint density at radius 3 is 2.78 bits per heavy atom. The summed E-state index contributed by atoms with van der Waals surface area (Å²) < 4.78 is 44.9. The zero-order valence-electron chi connectivity index (χ0n) is 23.7. The lowest BCUT2D eigenvalue weighted by atomic mass is 9.99. The van der Waals surface area contributed by atoms with E-state index in [4.69, 9.17) is 46.1 Å². The molecule has 46 heavy (non-hydrogen) atoms. The molecule has 7 rings (SSSR count). The van der Waals surface area contributed by atoms with Crippen molar-refractivity contribution < 1.29 is 47.3 Å². The molecular weight excluding hydrogens is 690 g/mol. The minimum atomic E-state index is -4.22. The first-order valence-electron chi connectivity index (χ1n) is 14.2. The number of anilines is 1. The van der Waals surface area contributed by atoms with E-state index in [-0.39, 0.29) is 25.5 Å². The van der Waals surface area contributed by atoms with E-state index in [2.05, 4.69) is 42.8 Å². The zero-order chi connectivity index (χ0) is 32.5. The second kappa shape index (κ2) is 12.2. The summed E-state index contributed by atoms with van der Waals surface area (Å²) in [6.07, 6.45) is -3.02. The average Bonchev–Trinajstić information content (AvgIpc) is 3.75. The Morgan fingerprint density at radius 2 is 2.00 bits per heavy atom. The van der Waals surface area contributed by atoms with Crippen LogP contribution in [0.25, 0.3) is 11.2 Å². The largest absolute Gasteiger partial charge is 0.396 e. The minimum Gasteiger partial charge on any atom is -0.396 e. The van der Waals surface area contributed by atoms with Crippen molar-refractivity contribution in [2.45, 2.75) is 61.6 Å². The third-order valence-corrected chi connectivity index (χ3v) is 11.9. The highest BCUT2D eigenvalue weighted by atomic mass is 32.7. The first kappa shape index (κ1) is 32.7. The molecule has 1 amide bonds. The number of aliphatic hydroxyl groups excluding tert-OH is 2. The Hall–Kier alpha value is -1.88. The summed E-state index contributed by atoms with van der Waals surface area (Å²) in [4.78, 5) is 41.9. The fourth-order valence-corrected chi connectivity index (χ4v) is 9.60. The SMILES string of the molecule is Nc1ncnc2c1ncn2[C@@H]1C[C@@H]2COP(=O)(S)O[C@@H]3[C@H](CO)[C@@H](COP(O)(=S)O[C@H]2[C@H]1O)O[C@H]3N1C=NC2C(=O)NC(N)NC21. The number of aliphatic imine (C=N–C) groups is 1. The van der Waals surface area contributed by atoms with Crippen LogP contribution in [0.5, 0.6) is 0 Å². The molecule has 0 aromatic carbocycles. The van der Waals surface area contributed by atoms with Gasteiger partial charge in [0.25, 0.3) is 5.91 Å². The van der Waals surface area contributed by atoms with Gasteiger partial charge in [-0.25, -0.2) is 19.5 Å². The van der Waals surface area contributed by atoms with Crippen LogP contribution in [0.4, 0.5) is 5.82 Å². The normalized spacial score (nSPS) is 44.7. The van der Waals surface area contributed by atoms with Gasteiger partial charge in [-0.05, 0) is 18.2 Å². The van der Waals surface area contributed by atoms with Crippen LogP contribution < -0.4 is 22.1 Å². The number of nitrogens with two attached hydrogens (primary N) is 2. The molecular formula is C22H32N10O10P2S2. The number of carbonyl (C=O) groups is 1. The molecule has 4 aliphatic heterocycles. The molecule has 6 heterocycles. The number of ether oxygens (including phenoxy) is 1. The van der Waals surface area contributed by atoms with Crippen LogP contribution in [-0.2, 0) is 44.0 Å². The van der Waals surface area contributed by atoms with E-state index in [0.29, 0.717) is 11.2 Å². The second-order valence-corrected chi connectivity index (χ2v) is 17.1. The Balaban J connectivity index is 1.17. The van der Waals surface area contributed by atoms with Gasteiger partial charge >= 0.3 is 13.5 Å². The lowest BCUT2D eigenvalue weighted by Crippen LogP contribution is -2.70. The van der Waals surface area contributed by atoms with E-state index in [1.165, 1.54) is 23.9 Å². The monoisotopic (exact) mass is 722 g/mol. The number of hydrogen-bond donors (Lipinski definition) is 8. The molecule has 0 spiro atoms. The lowest BCUT2D eigenvalue weighted by molar-refractivity contribution is -0.130. The van der Waals surface area contributed by atoms with Crippen molar-refractivity contribution in [3.8, 4) is 0 Å². The molecule has 2 aromatic heterocycles. The Morgan fingerprint density at radius 1 is 1.20 bits per heavy atom. The van der Waals surface area contributed by atoms with Crippen LogP contribution in [0, 0.1) is 11.8 Å². The Kier molecular flexibility index (Phi) is 8.68. The number of imidazole rings is 1. The maximum atomic E-state index is 13.8. The van der Waals surface area contributed by atoms with Crippen molar-refractivity contribution in [2.75, 3.05) is 25.6 Å². The van der Waals surface area contributed by atoms with E-state index in [0.717, 1.165) is 0 Å². The van der Waals surface area contributed by atoms with E-state index in [1.807, 2.05) is 0 Å². The average molecular weight is 723 g/mol. The summed E-state index contributed by atoms with van der Waals surface area (Å²) in [5.41, 5.74) is 12.6. The van der Waals surface area contributed by atoms with Gasteiger partial charge in [-0.15, -0.1) is 0 Å². The molecule has 0 radical (unpaired) electrons. The molecule has 1 saturated carbocycles. The molecule has 1 aliphatic carbocycles. The van der Waals surface area contributed by atoms with Gasteiger partial charge in [-0.3, -0.25) is 25.4 Å². The molecule has 9 N–H and O–H groups in total. The van der Waals surface area contributed by atoms with Crippen molar-refractivity contribution >= 4 is 66.8 Å². The molecule has 5 aliphatic rings. The number of nitrogen functional groups attached to an aromatic ring is 1. The topological polar surface area (TPSA) is 276 Å². The molecule has 3 saturated heterocycles. The molecule has 13 atom stereocenters. The summed E-state index contributed by atoms with van der Waals surface area (Å²) in [6.45, 7) is -9.50. The first-order valence-corrected chi connectivity index (χ1v) is 19.5. The molecule has 2 aromatic rings. The standard InChI is InChI=1S/C22H32N10O10P2S2/c23-17-12-18(26-5-25-17)31(6-27-12)10-1-8-3-38-43(36,45)42-16-9(2-33)11(4-39-44(37,46)41-15(8)14(10)34)40-21(16)32-7-28-13-19(32)29-22(24)30-20(13)35/h5-11,13-16,19,21-22,29,33-34H,1-4,24H2,(H,30,35)(H,36,45)(H,37,46)(H2,23,25,26)/t8-,9-,10-,11-,13?,14+,15-,16-,19?,21-,22?,43?,44?/m1/s1. The highest BCUT2D eigenvalue weighted by molar-refractivity contribution is 8.44. The maximum absolute atomic E-state index is 13.8. The number of fused-ring (bicyclic) bond motifs is 5. The van der Waals surface area contributed by atoms with E-state index in [9.17, 15) is 24.5 Å². The molecule has 20 nitrogen and oxygen atoms in total. The lowest BCUT2D eigenvalue weighted by Gasteiger charge is -2.39. The van der Waals surface area contributed by atoms with Crippen LogP contribution in [0.3, 0.4) is 0 Å². The van der Waals surface area contributed by atoms with Gasteiger partial charge in [0.2, 0.25) is 0 Å². The van der Waals surface area contributed by atoms with Gasteiger partial charge in [0.15, 0.2) is 23.7 Å². The summed E-state index contributed by atoms with van der Waals surface area (Å²) in [5.74, 6) is -1.85. The summed E-state index contributed by atoms with van der Waals surface area (Å²) in [7, 11) is 0. The van der Waals surface area contributed by atoms with Gasteiger partial charge in [0.05, 0.1) is 44.6 Å². The number of hydrogen-bond acceptors (Lipinski definition) is 18. The number of thiol groups is 1. The van der Waals surface area contributed by atoms with Gasteiger partial charge in [0.1, 0.15) is 42.6 Å². The van der Waals surface area contributed by atoms with Gasteiger partial charge in [-0.2, -0.15) is 0 Å². The number of rotatable bonds is 3. The maximum Gasteiger partial charge on any atom is 0.386 e. The summed E-state index contributed by atoms with van der Waals surface area (Å²) >= 11 is 9.56. The van der Waals surface area contributed by atoms with Gasteiger partial charge in [-0.1, -0.05) is 12.2 Å². The predicted octanol–water partition coefficient (Wildman–Crippen LogP) is -2.26. The van der Waals surface area contributed by atoms with Crippen molar-refractivity contribution in [1.29, 1.82) is 0 Å². The number of aliphatic hydroxyl groups is 2. The predicted molar refractivity (Wildman–Crippen MR) is 164 cm³/mol. The van der Waals surface area contributed by atoms with E-state index >= 15 is 0 Å². The Bertz CT molecular complexity index is 1640. The fourth-order valence-electron chi connectivity index (χ4n) is 6.59. The number of aromatic nitrogens is 4. The zero-order valence-corrected chi connectivity index (χ0v) is 27.2. The molecule has 4 fully saturated rings.